The van der Waals surface area contributed by atoms with Crippen molar-refractivity contribution in [3.05, 3.63) is 17.0 Å². The minimum Gasteiger partial charge on any atom is -0.348 e. The number of nitrogens with one attached hydrogen (secondary N) is 1. The molecule has 8 heteroatoms. The van der Waals surface area contributed by atoms with Gasteiger partial charge < -0.3 is 5.32 Å². The molecule has 7 nitrogen and oxygen atoms in total. The summed E-state index contributed by atoms with van der Waals surface area (Å²) in [6.07, 6.45) is 5.44. The second-order valence-corrected chi connectivity index (χ2v) is 9.83. The zero-order chi connectivity index (χ0) is 18.2. The Bertz CT molecular complexity index is 746. The third-order valence-corrected chi connectivity index (χ3v) is 7.60. The number of carbonyl (C=O) groups excluding carboxylic acids is 1. The Labute approximate surface area is 149 Å². The lowest BCUT2D eigenvalue weighted by atomic mass is 9.95. The van der Waals surface area contributed by atoms with Crippen LogP contribution in [-0.2, 0) is 29.9 Å². The lowest BCUT2D eigenvalue weighted by Gasteiger charge is -2.32. The SMILES string of the molecule is CC(C)S(=O)(=O)N1CCC(NC(=O)c2nn(C)c3c2CCCC3)CC1. The number of rotatable bonds is 4. The van der Waals surface area contributed by atoms with E-state index in [9.17, 15) is 13.2 Å². The quantitative estimate of drug-likeness (QED) is 0.866. The Morgan fingerprint density at radius 2 is 1.84 bits per heavy atom. The summed E-state index contributed by atoms with van der Waals surface area (Å²) in [5.74, 6) is -0.121. The summed E-state index contributed by atoms with van der Waals surface area (Å²) >= 11 is 0. The molecule has 1 aromatic rings. The number of fused-ring (bicyclic) bond motifs is 1. The standard InChI is InChI=1S/C17H28N4O3S/c1-12(2)25(23,24)21-10-8-13(9-11-21)18-17(22)16-14-6-4-5-7-15(14)20(3)19-16/h12-13H,4-11H2,1-3H3,(H,18,22). The molecule has 0 aromatic carbocycles. The van der Waals surface area contributed by atoms with Crippen molar-refractivity contribution in [3.8, 4) is 0 Å². The summed E-state index contributed by atoms with van der Waals surface area (Å²) in [6, 6.07) is 0.00681. The molecule has 2 heterocycles. The van der Waals surface area contributed by atoms with Crippen molar-refractivity contribution >= 4 is 15.9 Å². The molecular weight excluding hydrogens is 340 g/mol. The maximum Gasteiger partial charge on any atom is 0.272 e. The molecule has 1 aliphatic carbocycles. The molecule has 0 spiro atoms. The minimum atomic E-state index is -3.21. The minimum absolute atomic E-state index is 0.00681. The fraction of sp³-hybridized carbons (Fsp3) is 0.765. The molecule has 1 amide bonds. The van der Waals surface area contributed by atoms with Gasteiger partial charge in [0.1, 0.15) is 0 Å². The Hall–Kier alpha value is -1.41. The van der Waals surface area contributed by atoms with E-state index in [1.165, 1.54) is 5.69 Å². The van der Waals surface area contributed by atoms with E-state index in [0.29, 0.717) is 31.6 Å². The van der Waals surface area contributed by atoms with E-state index in [0.717, 1.165) is 31.2 Å². The lowest BCUT2D eigenvalue weighted by molar-refractivity contribution is 0.0917. The number of aromatic nitrogens is 2. The Kier molecular flexibility index (Phi) is 5.20. The van der Waals surface area contributed by atoms with E-state index in [1.54, 1.807) is 18.2 Å². The molecule has 2 aliphatic rings. The first kappa shape index (κ1) is 18.4. The summed E-state index contributed by atoms with van der Waals surface area (Å²) in [5, 5.41) is 7.09. The van der Waals surface area contributed by atoms with Gasteiger partial charge in [0.25, 0.3) is 5.91 Å². The van der Waals surface area contributed by atoms with Crippen molar-refractivity contribution in [3.63, 3.8) is 0 Å². The number of piperidine rings is 1. The van der Waals surface area contributed by atoms with Crippen molar-refractivity contribution in [2.45, 2.75) is 63.7 Å². The van der Waals surface area contributed by atoms with Gasteiger partial charge >= 0.3 is 0 Å². The molecule has 3 rings (SSSR count). The molecule has 0 bridgehead atoms. The smallest absolute Gasteiger partial charge is 0.272 e. The highest BCUT2D eigenvalue weighted by Crippen LogP contribution is 2.24. The second-order valence-electron chi connectivity index (χ2n) is 7.35. The predicted octanol–water partition coefficient (Wildman–Crippen LogP) is 1.23. The van der Waals surface area contributed by atoms with Gasteiger partial charge in [-0.25, -0.2) is 12.7 Å². The Balaban J connectivity index is 1.62. The predicted molar refractivity (Wildman–Crippen MR) is 96.0 cm³/mol. The number of nitrogens with zero attached hydrogens (tertiary/aromatic N) is 3. The van der Waals surface area contributed by atoms with Crippen LogP contribution in [0.5, 0.6) is 0 Å². The molecule has 140 valence electrons. The van der Waals surface area contributed by atoms with Gasteiger partial charge in [0.2, 0.25) is 10.0 Å². The van der Waals surface area contributed by atoms with Crippen molar-refractivity contribution in [1.82, 2.24) is 19.4 Å². The molecule has 25 heavy (non-hydrogen) atoms. The number of aryl methyl sites for hydroxylation is 1. The van der Waals surface area contributed by atoms with Gasteiger partial charge in [0.15, 0.2) is 5.69 Å². The number of carbonyl (C=O) groups is 1. The van der Waals surface area contributed by atoms with Crippen molar-refractivity contribution < 1.29 is 13.2 Å². The molecular formula is C17H28N4O3S. The fourth-order valence-corrected chi connectivity index (χ4v) is 5.08. The van der Waals surface area contributed by atoms with Gasteiger partial charge in [0.05, 0.1) is 5.25 Å². The molecule has 0 saturated carbocycles. The number of amides is 1. The topological polar surface area (TPSA) is 84.3 Å². The van der Waals surface area contributed by atoms with E-state index < -0.39 is 15.3 Å². The van der Waals surface area contributed by atoms with Crippen LogP contribution in [0.4, 0.5) is 0 Å². The maximum atomic E-state index is 12.7. The van der Waals surface area contributed by atoms with Gasteiger partial charge in [-0.05, 0) is 52.4 Å². The summed E-state index contributed by atoms with van der Waals surface area (Å²) < 4.78 is 27.8. The normalized spacial score (nSPS) is 19.8. The van der Waals surface area contributed by atoms with E-state index in [4.69, 9.17) is 0 Å². The van der Waals surface area contributed by atoms with Crippen molar-refractivity contribution in [1.29, 1.82) is 0 Å². The van der Waals surface area contributed by atoms with Crippen LogP contribution < -0.4 is 5.32 Å². The summed E-state index contributed by atoms with van der Waals surface area (Å²) in [6.45, 7) is 4.33. The van der Waals surface area contributed by atoms with Crippen LogP contribution in [0, 0.1) is 0 Å². The molecule has 1 aliphatic heterocycles. The maximum absolute atomic E-state index is 12.7. The third kappa shape index (κ3) is 3.60. The van der Waals surface area contributed by atoms with Crippen molar-refractivity contribution in [2.75, 3.05) is 13.1 Å². The average molecular weight is 369 g/mol. The molecule has 0 radical (unpaired) electrons. The van der Waals surface area contributed by atoms with Crippen molar-refractivity contribution in [2.24, 2.45) is 7.05 Å². The van der Waals surface area contributed by atoms with Crippen LogP contribution >= 0.6 is 0 Å². The van der Waals surface area contributed by atoms with Gasteiger partial charge in [-0.3, -0.25) is 9.48 Å². The highest BCUT2D eigenvalue weighted by molar-refractivity contribution is 7.89. The Morgan fingerprint density at radius 1 is 1.20 bits per heavy atom. The molecule has 0 unspecified atom stereocenters. The van der Waals surface area contributed by atoms with Gasteiger partial charge in [0, 0.05) is 37.4 Å². The summed E-state index contributed by atoms with van der Waals surface area (Å²) in [7, 11) is -1.31. The Morgan fingerprint density at radius 3 is 2.48 bits per heavy atom. The van der Waals surface area contributed by atoms with E-state index in [2.05, 4.69) is 10.4 Å². The van der Waals surface area contributed by atoms with E-state index in [1.807, 2.05) is 11.7 Å². The first-order valence-corrected chi connectivity index (χ1v) is 10.7. The van der Waals surface area contributed by atoms with Crippen LogP contribution in [0.25, 0.3) is 0 Å². The first-order valence-electron chi connectivity index (χ1n) is 9.15. The monoisotopic (exact) mass is 368 g/mol. The average Bonchev–Trinajstić information content (AvgIpc) is 2.93. The summed E-state index contributed by atoms with van der Waals surface area (Å²) in [5.41, 5.74) is 2.81. The second kappa shape index (κ2) is 7.07. The zero-order valence-corrected chi connectivity index (χ0v) is 16.1. The number of hydrogen-bond acceptors (Lipinski definition) is 4. The zero-order valence-electron chi connectivity index (χ0n) is 15.3. The van der Waals surface area contributed by atoms with Gasteiger partial charge in [-0.2, -0.15) is 5.10 Å². The van der Waals surface area contributed by atoms with Crippen LogP contribution in [0.3, 0.4) is 0 Å². The molecule has 0 atom stereocenters. The lowest BCUT2D eigenvalue weighted by Crippen LogP contribution is -2.48. The van der Waals surface area contributed by atoms with Crippen LogP contribution in [0.15, 0.2) is 0 Å². The van der Waals surface area contributed by atoms with E-state index >= 15 is 0 Å². The number of hydrogen-bond donors (Lipinski definition) is 1. The highest BCUT2D eigenvalue weighted by atomic mass is 32.2. The third-order valence-electron chi connectivity index (χ3n) is 5.33. The largest absolute Gasteiger partial charge is 0.348 e. The molecule has 1 saturated heterocycles. The van der Waals surface area contributed by atoms with Crippen LogP contribution in [-0.4, -0.2) is 52.8 Å². The van der Waals surface area contributed by atoms with Crippen LogP contribution in [0.2, 0.25) is 0 Å². The van der Waals surface area contributed by atoms with Gasteiger partial charge in [-0.15, -0.1) is 0 Å². The highest BCUT2D eigenvalue weighted by Gasteiger charge is 2.31. The summed E-state index contributed by atoms with van der Waals surface area (Å²) in [4.78, 5) is 12.7. The van der Waals surface area contributed by atoms with Gasteiger partial charge in [-0.1, -0.05) is 0 Å². The fourth-order valence-electron chi connectivity index (χ4n) is 3.76. The first-order chi connectivity index (χ1) is 11.8. The molecule has 1 aromatic heterocycles. The molecule has 1 N–H and O–H groups in total. The molecule has 1 fully saturated rings. The number of sulfonamides is 1. The van der Waals surface area contributed by atoms with E-state index in [-0.39, 0.29) is 11.9 Å². The van der Waals surface area contributed by atoms with Crippen LogP contribution in [0.1, 0.15) is 61.3 Å².